The molecular formula is C19H26ClN3O2. The first-order chi connectivity index (χ1) is 12.0. The minimum absolute atomic E-state index is 0.0594. The van der Waals surface area contributed by atoms with Crippen LogP contribution in [0.15, 0.2) is 24.3 Å². The molecule has 1 aromatic rings. The number of piperazine rings is 1. The lowest BCUT2D eigenvalue weighted by Crippen LogP contribution is -2.54. The SMILES string of the molecule is CC(C)C(NC(=O)N1CCN(C(=O)C2CC2)CC1)c1ccc(Cl)cc1. The van der Waals surface area contributed by atoms with Crippen molar-refractivity contribution in [2.24, 2.45) is 11.8 Å². The summed E-state index contributed by atoms with van der Waals surface area (Å²) in [6.07, 6.45) is 2.05. The number of amides is 3. The third kappa shape index (κ3) is 4.46. The average molecular weight is 364 g/mol. The van der Waals surface area contributed by atoms with Crippen molar-refractivity contribution in [3.63, 3.8) is 0 Å². The van der Waals surface area contributed by atoms with Gasteiger partial charge in [-0.3, -0.25) is 4.79 Å². The first kappa shape index (κ1) is 18.1. The Kier molecular flexibility index (Phi) is 5.52. The van der Waals surface area contributed by atoms with E-state index in [1.807, 2.05) is 34.1 Å². The van der Waals surface area contributed by atoms with Crippen molar-refractivity contribution in [2.45, 2.75) is 32.7 Å². The molecule has 3 amide bonds. The number of benzene rings is 1. The Balaban J connectivity index is 1.56. The van der Waals surface area contributed by atoms with Crippen molar-refractivity contribution >= 4 is 23.5 Å². The van der Waals surface area contributed by atoms with Gasteiger partial charge in [0.05, 0.1) is 6.04 Å². The highest BCUT2D eigenvalue weighted by atomic mass is 35.5. The van der Waals surface area contributed by atoms with E-state index in [-0.39, 0.29) is 29.8 Å². The van der Waals surface area contributed by atoms with Gasteiger partial charge in [0.1, 0.15) is 0 Å². The third-order valence-corrected chi connectivity index (χ3v) is 5.23. The number of hydrogen-bond donors (Lipinski definition) is 1. The summed E-state index contributed by atoms with van der Waals surface area (Å²) in [6, 6.07) is 7.49. The van der Waals surface area contributed by atoms with E-state index < -0.39 is 0 Å². The molecule has 25 heavy (non-hydrogen) atoms. The van der Waals surface area contributed by atoms with E-state index in [1.54, 1.807) is 0 Å². The summed E-state index contributed by atoms with van der Waals surface area (Å²) >= 11 is 5.96. The van der Waals surface area contributed by atoms with Crippen molar-refractivity contribution in [1.29, 1.82) is 0 Å². The highest BCUT2D eigenvalue weighted by Crippen LogP contribution is 2.31. The fourth-order valence-electron chi connectivity index (χ4n) is 3.25. The second kappa shape index (κ2) is 7.65. The molecule has 5 nitrogen and oxygen atoms in total. The molecule has 1 aliphatic heterocycles. The second-order valence-electron chi connectivity index (χ2n) is 7.31. The molecule has 6 heteroatoms. The van der Waals surface area contributed by atoms with Gasteiger partial charge in [-0.1, -0.05) is 37.6 Å². The zero-order valence-electron chi connectivity index (χ0n) is 14.9. The van der Waals surface area contributed by atoms with Crippen LogP contribution in [0.2, 0.25) is 5.02 Å². The molecule has 1 aromatic carbocycles. The first-order valence-electron chi connectivity index (χ1n) is 9.05. The molecule has 1 aliphatic carbocycles. The van der Waals surface area contributed by atoms with Gasteiger partial charge in [0.2, 0.25) is 5.91 Å². The molecule has 0 radical (unpaired) electrons. The summed E-state index contributed by atoms with van der Waals surface area (Å²) in [7, 11) is 0. The van der Waals surface area contributed by atoms with Gasteiger partial charge >= 0.3 is 6.03 Å². The van der Waals surface area contributed by atoms with Gasteiger partial charge in [-0.15, -0.1) is 0 Å². The summed E-state index contributed by atoms with van der Waals surface area (Å²) in [6.45, 7) is 6.63. The van der Waals surface area contributed by atoms with Gasteiger partial charge in [-0.05, 0) is 36.5 Å². The Hall–Kier alpha value is -1.75. The second-order valence-corrected chi connectivity index (χ2v) is 7.75. The molecule has 1 unspecified atom stereocenters. The van der Waals surface area contributed by atoms with Gasteiger partial charge in [0.15, 0.2) is 0 Å². The number of rotatable bonds is 4. The van der Waals surface area contributed by atoms with Crippen LogP contribution in [0.3, 0.4) is 0 Å². The zero-order chi connectivity index (χ0) is 18.0. The normalized spacial score (nSPS) is 19.0. The third-order valence-electron chi connectivity index (χ3n) is 4.98. The lowest BCUT2D eigenvalue weighted by molar-refractivity contribution is -0.133. The van der Waals surface area contributed by atoms with Gasteiger partial charge in [0, 0.05) is 37.1 Å². The van der Waals surface area contributed by atoms with Gasteiger partial charge in [-0.25, -0.2) is 4.79 Å². The molecular weight excluding hydrogens is 338 g/mol. The van der Waals surface area contributed by atoms with Crippen LogP contribution in [0, 0.1) is 11.8 Å². The molecule has 0 spiro atoms. The Morgan fingerprint density at radius 1 is 1.04 bits per heavy atom. The number of urea groups is 1. The minimum atomic E-state index is -0.0628. The molecule has 1 atom stereocenters. The van der Waals surface area contributed by atoms with Crippen LogP contribution in [0.4, 0.5) is 4.79 Å². The minimum Gasteiger partial charge on any atom is -0.339 e. The molecule has 1 saturated heterocycles. The first-order valence-corrected chi connectivity index (χ1v) is 9.43. The van der Waals surface area contributed by atoms with E-state index in [0.29, 0.717) is 31.2 Å². The van der Waals surface area contributed by atoms with Crippen molar-refractivity contribution in [1.82, 2.24) is 15.1 Å². The Bertz CT molecular complexity index is 620. The summed E-state index contributed by atoms with van der Waals surface area (Å²) in [5.41, 5.74) is 1.05. The molecule has 0 aromatic heterocycles. The highest BCUT2D eigenvalue weighted by molar-refractivity contribution is 6.30. The number of carbonyl (C=O) groups excluding carboxylic acids is 2. The summed E-state index contributed by atoms with van der Waals surface area (Å²) in [5.74, 6) is 0.778. The summed E-state index contributed by atoms with van der Waals surface area (Å²) in [4.78, 5) is 28.5. The van der Waals surface area contributed by atoms with Crippen molar-refractivity contribution < 1.29 is 9.59 Å². The predicted octanol–water partition coefficient (Wildman–Crippen LogP) is 3.30. The number of carbonyl (C=O) groups is 2. The van der Waals surface area contributed by atoms with Crippen LogP contribution < -0.4 is 5.32 Å². The van der Waals surface area contributed by atoms with Gasteiger partial charge in [-0.2, -0.15) is 0 Å². The van der Waals surface area contributed by atoms with Crippen LogP contribution in [-0.4, -0.2) is 47.9 Å². The monoisotopic (exact) mass is 363 g/mol. The van der Waals surface area contributed by atoms with Crippen molar-refractivity contribution in [2.75, 3.05) is 26.2 Å². The van der Waals surface area contributed by atoms with E-state index in [2.05, 4.69) is 19.2 Å². The number of halogens is 1. The molecule has 1 heterocycles. The number of nitrogens with zero attached hydrogens (tertiary/aromatic N) is 2. The molecule has 136 valence electrons. The quantitative estimate of drug-likeness (QED) is 0.892. The van der Waals surface area contributed by atoms with E-state index in [1.165, 1.54) is 0 Å². The lowest BCUT2D eigenvalue weighted by atomic mass is 9.96. The van der Waals surface area contributed by atoms with E-state index in [9.17, 15) is 9.59 Å². The van der Waals surface area contributed by atoms with Crippen LogP contribution in [0.1, 0.15) is 38.3 Å². The molecule has 0 bridgehead atoms. The molecule has 2 fully saturated rings. The Morgan fingerprint density at radius 2 is 1.60 bits per heavy atom. The highest BCUT2D eigenvalue weighted by Gasteiger charge is 2.35. The van der Waals surface area contributed by atoms with Gasteiger partial charge in [0.25, 0.3) is 0 Å². The number of nitrogens with one attached hydrogen (secondary N) is 1. The topological polar surface area (TPSA) is 52.7 Å². The van der Waals surface area contributed by atoms with Crippen LogP contribution in [0.25, 0.3) is 0 Å². The maximum Gasteiger partial charge on any atom is 0.318 e. The van der Waals surface area contributed by atoms with Crippen LogP contribution >= 0.6 is 11.6 Å². The summed E-state index contributed by atoms with van der Waals surface area (Å²) in [5, 5.41) is 3.83. The predicted molar refractivity (Wildman–Crippen MR) is 98.4 cm³/mol. The van der Waals surface area contributed by atoms with Crippen LogP contribution in [0.5, 0.6) is 0 Å². The van der Waals surface area contributed by atoms with Gasteiger partial charge < -0.3 is 15.1 Å². The molecule has 2 aliphatic rings. The largest absolute Gasteiger partial charge is 0.339 e. The zero-order valence-corrected chi connectivity index (χ0v) is 15.6. The molecule has 1 saturated carbocycles. The standard InChI is InChI=1S/C19H26ClN3O2/c1-13(2)17(14-5-7-16(20)8-6-14)21-19(25)23-11-9-22(10-12-23)18(24)15-3-4-15/h5-8,13,15,17H,3-4,9-12H2,1-2H3,(H,21,25). The van der Waals surface area contributed by atoms with Crippen molar-refractivity contribution in [3.05, 3.63) is 34.9 Å². The lowest BCUT2D eigenvalue weighted by Gasteiger charge is -2.36. The number of hydrogen-bond acceptors (Lipinski definition) is 2. The molecule has 3 rings (SSSR count). The van der Waals surface area contributed by atoms with E-state index in [0.717, 1.165) is 18.4 Å². The fourth-order valence-corrected chi connectivity index (χ4v) is 3.37. The van der Waals surface area contributed by atoms with E-state index >= 15 is 0 Å². The van der Waals surface area contributed by atoms with Crippen molar-refractivity contribution in [3.8, 4) is 0 Å². The average Bonchev–Trinajstić information content (AvgIpc) is 3.45. The Morgan fingerprint density at radius 3 is 2.12 bits per heavy atom. The smallest absolute Gasteiger partial charge is 0.318 e. The van der Waals surface area contributed by atoms with E-state index in [4.69, 9.17) is 11.6 Å². The maximum absolute atomic E-state index is 12.7. The van der Waals surface area contributed by atoms with Crippen LogP contribution in [-0.2, 0) is 4.79 Å². The maximum atomic E-state index is 12.7. The summed E-state index contributed by atoms with van der Waals surface area (Å²) < 4.78 is 0. The fraction of sp³-hybridized carbons (Fsp3) is 0.579. The molecule has 1 N–H and O–H groups in total. The Labute approximate surface area is 154 Å².